The van der Waals surface area contributed by atoms with E-state index in [4.69, 9.17) is 9.90 Å². The van der Waals surface area contributed by atoms with Gasteiger partial charge in [0.05, 0.1) is 0 Å². The summed E-state index contributed by atoms with van der Waals surface area (Å²) in [5.74, 6) is -0.833. The zero-order valence-corrected chi connectivity index (χ0v) is 25.4. The molecule has 3 heteroatoms. The van der Waals surface area contributed by atoms with Crippen molar-refractivity contribution in [2.24, 2.45) is 0 Å². The van der Waals surface area contributed by atoms with E-state index in [-0.39, 0.29) is 16.2 Å². The lowest BCUT2D eigenvalue weighted by Gasteiger charge is -2.39. The van der Waals surface area contributed by atoms with Crippen molar-refractivity contribution in [1.29, 1.82) is 0 Å². The van der Waals surface area contributed by atoms with Gasteiger partial charge < -0.3 is 10.0 Å². The molecular weight excluding hydrogens is 466 g/mol. The Hall–Kier alpha value is -3.07. The monoisotopic (exact) mass is 515 g/mol. The summed E-state index contributed by atoms with van der Waals surface area (Å²) >= 11 is 0. The van der Waals surface area contributed by atoms with Crippen molar-refractivity contribution in [3.8, 4) is 0 Å². The molecule has 0 aliphatic carbocycles. The van der Waals surface area contributed by atoms with Crippen LogP contribution in [0.5, 0.6) is 0 Å². The molecule has 0 aromatic heterocycles. The molecule has 1 N–H and O–H groups in total. The van der Waals surface area contributed by atoms with Gasteiger partial charge in [0, 0.05) is 24.0 Å². The first-order valence-electron chi connectivity index (χ1n) is 14.0. The number of benzene rings is 3. The number of nitrogens with zero attached hydrogens (tertiary/aromatic N) is 1. The van der Waals surface area contributed by atoms with Crippen LogP contribution in [0.2, 0.25) is 0 Å². The molecule has 0 heterocycles. The van der Waals surface area contributed by atoms with E-state index in [2.05, 4.69) is 140 Å². The van der Waals surface area contributed by atoms with Crippen LogP contribution in [0.15, 0.2) is 72.8 Å². The average molecular weight is 516 g/mol. The van der Waals surface area contributed by atoms with Crippen molar-refractivity contribution in [2.75, 3.05) is 4.90 Å². The largest absolute Gasteiger partial charge is 0.481 e. The number of aliphatic carboxylic acids is 1. The van der Waals surface area contributed by atoms with E-state index in [9.17, 15) is 0 Å². The Kier molecular flexibility index (Phi) is 10.4. The summed E-state index contributed by atoms with van der Waals surface area (Å²) in [7, 11) is 0. The minimum atomic E-state index is -0.833. The highest BCUT2D eigenvalue weighted by Gasteiger charge is 2.32. The van der Waals surface area contributed by atoms with Crippen molar-refractivity contribution >= 4 is 23.0 Å². The fourth-order valence-corrected chi connectivity index (χ4v) is 4.68. The number of carboxylic acids is 1. The highest BCUT2D eigenvalue weighted by molar-refractivity contribution is 5.83. The van der Waals surface area contributed by atoms with Crippen LogP contribution in [-0.4, -0.2) is 11.1 Å². The summed E-state index contributed by atoms with van der Waals surface area (Å²) < 4.78 is 0. The SMILES string of the molecule is CC(=O)O.CCC(C)(C)c1ccccc1N(c1ccccc1C(C)(C)CC)c1ccccc1C(C)(C)CC. The Labute approximate surface area is 231 Å². The average Bonchev–Trinajstić information content (AvgIpc) is 2.89. The quantitative estimate of drug-likeness (QED) is 0.308. The molecule has 0 radical (unpaired) electrons. The fraction of sp³-hybridized carbons (Fsp3) is 0.457. The molecule has 3 rings (SSSR count). The summed E-state index contributed by atoms with van der Waals surface area (Å²) in [6.07, 6.45) is 3.26. The van der Waals surface area contributed by atoms with E-state index < -0.39 is 5.97 Å². The van der Waals surface area contributed by atoms with E-state index in [1.165, 1.54) is 33.8 Å². The van der Waals surface area contributed by atoms with Crippen molar-refractivity contribution in [3.63, 3.8) is 0 Å². The standard InChI is InChI=1S/C33H45N.C2H4O2/c1-10-31(4,5)25-19-13-16-22-28(25)34(29-23-17-14-20-26(29)32(6,7)11-2)30-24-18-15-21-27(30)33(8,9)12-3;1-2(3)4/h13-24H,10-12H2,1-9H3;1H3,(H,3,4). The highest BCUT2D eigenvalue weighted by Crippen LogP contribution is 2.48. The summed E-state index contributed by atoms with van der Waals surface area (Å²) in [6, 6.07) is 27.1. The number of rotatable bonds is 9. The first-order valence-corrected chi connectivity index (χ1v) is 14.0. The van der Waals surface area contributed by atoms with E-state index in [1.54, 1.807) is 0 Å². The predicted molar refractivity (Wildman–Crippen MR) is 164 cm³/mol. The minimum absolute atomic E-state index is 0.0687. The van der Waals surface area contributed by atoms with Crippen LogP contribution in [0.4, 0.5) is 17.1 Å². The van der Waals surface area contributed by atoms with Gasteiger partial charge in [-0.05, 0) is 70.4 Å². The maximum atomic E-state index is 9.00. The lowest BCUT2D eigenvalue weighted by atomic mass is 9.78. The lowest BCUT2D eigenvalue weighted by molar-refractivity contribution is -0.134. The first kappa shape index (κ1) is 31.1. The second-order valence-corrected chi connectivity index (χ2v) is 12.1. The Morgan fingerprint density at radius 2 is 0.789 bits per heavy atom. The van der Waals surface area contributed by atoms with Gasteiger partial charge >= 0.3 is 0 Å². The van der Waals surface area contributed by atoms with E-state index in [0.717, 1.165) is 26.2 Å². The molecule has 0 saturated heterocycles. The van der Waals surface area contributed by atoms with Crippen LogP contribution in [0, 0.1) is 0 Å². The molecule has 0 unspecified atom stereocenters. The number of hydrogen-bond donors (Lipinski definition) is 1. The molecule has 0 fully saturated rings. The second-order valence-electron chi connectivity index (χ2n) is 12.1. The van der Waals surface area contributed by atoms with Gasteiger partial charge in [-0.25, -0.2) is 0 Å². The van der Waals surface area contributed by atoms with Crippen molar-refractivity contribution in [3.05, 3.63) is 89.5 Å². The number of para-hydroxylation sites is 3. The van der Waals surface area contributed by atoms with Crippen LogP contribution in [0.25, 0.3) is 0 Å². The van der Waals surface area contributed by atoms with Crippen LogP contribution in [0.3, 0.4) is 0 Å². The predicted octanol–water partition coefficient (Wildman–Crippen LogP) is 10.3. The summed E-state index contributed by atoms with van der Waals surface area (Å²) in [6.45, 7) is 22.2. The zero-order valence-electron chi connectivity index (χ0n) is 25.4. The van der Waals surface area contributed by atoms with Gasteiger partial charge in [0.1, 0.15) is 0 Å². The van der Waals surface area contributed by atoms with Crippen LogP contribution < -0.4 is 4.90 Å². The van der Waals surface area contributed by atoms with Crippen molar-refractivity contribution in [2.45, 2.75) is 105 Å². The molecule has 0 bridgehead atoms. The Bertz CT molecular complexity index is 1060. The third kappa shape index (κ3) is 7.07. The Morgan fingerprint density at radius 1 is 0.579 bits per heavy atom. The van der Waals surface area contributed by atoms with E-state index in [0.29, 0.717) is 0 Å². The molecule has 38 heavy (non-hydrogen) atoms. The van der Waals surface area contributed by atoms with Gasteiger partial charge in [-0.1, -0.05) is 117 Å². The number of anilines is 3. The van der Waals surface area contributed by atoms with Gasteiger partial charge in [0.2, 0.25) is 0 Å². The van der Waals surface area contributed by atoms with E-state index >= 15 is 0 Å². The molecule has 3 aromatic carbocycles. The first-order chi connectivity index (χ1) is 17.7. The smallest absolute Gasteiger partial charge is 0.300 e. The second kappa shape index (κ2) is 12.7. The maximum Gasteiger partial charge on any atom is 0.300 e. The van der Waals surface area contributed by atoms with Crippen LogP contribution in [-0.2, 0) is 21.0 Å². The third-order valence-corrected chi connectivity index (χ3v) is 8.27. The summed E-state index contributed by atoms with van der Waals surface area (Å²) in [5, 5.41) is 7.42. The van der Waals surface area contributed by atoms with Gasteiger partial charge in [-0.15, -0.1) is 0 Å². The van der Waals surface area contributed by atoms with Gasteiger partial charge in [-0.2, -0.15) is 0 Å². The molecule has 3 nitrogen and oxygen atoms in total. The molecular formula is C35H49NO2. The summed E-state index contributed by atoms with van der Waals surface area (Å²) in [5.41, 5.74) is 8.24. The summed E-state index contributed by atoms with van der Waals surface area (Å²) in [4.78, 5) is 11.6. The normalized spacial score (nSPS) is 11.9. The molecule has 0 saturated carbocycles. The topological polar surface area (TPSA) is 40.5 Å². The van der Waals surface area contributed by atoms with Gasteiger partial charge in [-0.3, -0.25) is 4.79 Å². The zero-order chi connectivity index (χ0) is 28.7. The lowest BCUT2D eigenvalue weighted by Crippen LogP contribution is -2.27. The molecule has 0 spiro atoms. The minimum Gasteiger partial charge on any atom is -0.481 e. The third-order valence-electron chi connectivity index (χ3n) is 8.27. The number of hydrogen-bond acceptors (Lipinski definition) is 2. The van der Waals surface area contributed by atoms with Crippen LogP contribution in [0.1, 0.15) is 105 Å². The van der Waals surface area contributed by atoms with E-state index in [1.807, 2.05) is 0 Å². The Morgan fingerprint density at radius 3 is 1.00 bits per heavy atom. The Balaban J connectivity index is 0.00000118. The van der Waals surface area contributed by atoms with Crippen molar-refractivity contribution < 1.29 is 9.90 Å². The van der Waals surface area contributed by atoms with Crippen molar-refractivity contribution in [1.82, 2.24) is 0 Å². The molecule has 0 atom stereocenters. The molecule has 0 amide bonds. The fourth-order valence-electron chi connectivity index (χ4n) is 4.68. The van der Waals surface area contributed by atoms with Gasteiger partial charge in [0.15, 0.2) is 0 Å². The van der Waals surface area contributed by atoms with Crippen LogP contribution >= 0.6 is 0 Å². The maximum absolute atomic E-state index is 9.00. The molecule has 206 valence electrons. The highest BCUT2D eigenvalue weighted by atomic mass is 16.4. The number of carbonyl (C=O) groups is 1. The number of carboxylic acid groups (broad SMARTS) is 1. The van der Waals surface area contributed by atoms with Gasteiger partial charge in [0.25, 0.3) is 5.97 Å². The molecule has 3 aromatic rings. The molecule has 0 aliphatic rings. The molecule has 0 aliphatic heterocycles.